The number of amides is 1. The van der Waals surface area contributed by atoms with E-state index in [-0.39, 0.29) is 24.2 Å². The van der Waals surface area contributed by atoms with Crippen LogP contribution in [0.1, 0.15) is 63.4 Å². The van der Waals surface area contributed by atoms with Gasteiger partial charge in [0.1, 0.15) is 10.7 Å². The molecule has 0 bridgehead atoms. The minimum atomic E-state index is -0.551. The number of nitrogens with one attached hydrogen (secondary N) is 1. The second-order valence-electron chi connectivity index (χ2n) is 11.0. The number of thioether (sulfide) groups is 1. The summed E-state index contributed by atoms with van der Waals surface area (Å²) in [4.78, 5) is 31.2. The summed E-state index contributed by atoms with van der Waals surface area (Å²) in [6.07, 6.45) is 9.47. The van der Waals surface area contributed by atoms with E-state index in [4.69, 9.17) is 18.8 Å². The molecule has 1 saturated heterocycles. The van der Waals surface area contributed by atoms with Crippen molar-refractivity contribution >= 4 is 52.2 Å². The molecule has 1 N–H and O–H groups in total. The van der Waals surface area contributed by atoms with E-state index in [2.05, 4.69) is 46.0 Å². The first kappa shape index (κ1) is 30.5. The van der Waals surface area contributed by atoms with Crippen molar-refractivity contribution in [1.82, 2.24) is 25.3 Å². The van der Waals surface area contributed by atoms with E-state index in [0.29, 0.717) is 24.5 Å². The molecular weight excluding hydrogens is 581 g/mol. The summed E-state index contributed by atoms with van der Waals surface area (Å²) in [6.45, 7) is 6.66. The monoisotopic (exact) mass is 617 g/mol. The van der Waals surface area contributed by atoms with Crippen molar-refractivity contribution in [2.45, 2.75) is 87.4 Å². The zero-order chi connectivity index (χ0) is 29.0. The number of hydrogen-bond acceptors (Lipinski definition) is 12. The fraction of sp³-hybridized carbons (Fsp3) is 0.593. The highest BCUT2D eigenvalue weighted by Gasteiger charge is 2.55. The third-order valence-corrected chi connectivity index (χ3v) is 10.2. The van der Waals surface area contributed by atoms with Crippen molar-refractivity contribution in [2.75, 3.05) is 20.0 Å². The molecule has 5 rings (SSSR count). The topological polar surface area (TPSA) is 118 Å². The summed E-state index contributed by atoms with van der Waals surface area (Å²) in [5.74, 6) is 0.351. The van der Waals surface area contributed by atoms with Gasteiger partial charge in [0.05, 0.1) is 50.7 Å². The average molecular weight is 618 g/mol. The molecule has 0 radical (unpaired) electrons. The van der Waals surface area contributed by atoms with Crippen LogP contribution in [0, 0.1) is 0 Å². The Labute approximate surface area is 253 Å². The lowest BCUT2D eigenvalue weighted by Crippen LogP contribution is -2.48. The van der Waals surface area contributed by atoms with E-state index in [9.17, 15) is 4.79 Å². The van der Waals surface area contributed by atoms with E-state index in [0.717, 1.165) is 40.4 Å². The normalized spacial score (nSPS) is 24.9. The quantitative estimate of drug-likeness (QED) is 0.190. The first-order chi connectivity index (χ1) is 19.7. The lowest BCUT2D eigenvalue weighted by molar-refractivity contribution is -0.0884. The Kier molecular flexibility index (Phi) is 9.79. The molecule has 1 aliphatic carbocycles. The predicted molar refractivity (Wildman–Crippen MR) is 162 cm³/mol. The van der Waals surface area contributed by atoms with Crippen molar-refractivity contribution in [3.63, 3.8) is 0 Å². The first-order valence-electron chi connectivity index (χ1n) is 13.7. The Morgan fingerprint density at radius 3 is 2.56 bits per heavy atom. The van der Waals surface area contributed by atoms with Gasteiger partial charge in [-0.2, -0.15) is 0 Å². The number of carbonyl (C=O) groups excluding carboxylic acids is 1. The lowest BCUT2D eigenvalue weighted by atomic mass is 9.83. The van der Waals surface area contributed by atoms with Crippen LogP contribution in [0.4, 0.5) is 0 Å². The highest BCUT2D eigenvalue weighted by molar-refractivity contribution is 7.98. The lowest BCUT2D eigenvalue weighted by Gasteiger charge is -2.39. The largest absolute Gasteiger partial charge is 0.507 e. The van der Waals surface area contributed by atoms with Crippen LogP contribution >= 0.6 is 34.4 Å². The predicted octanol–water partition coefficient (Wildman–Crippen LogP) is 4.22. The van der Waals surface area contributed by atoms with E-state index >= 15 is 0 Å². The van der Waals surface area contributed by atoms with Crippen LogP contribution < -0.4 is 10.1 Å². The molecule has 220 valence electrons. The van der Waals surface area contributed by atoms with E-state index in [1.807, 2.05) is 6.26 Å². The van der Waals surface area contributed by atoms with Crippen LogP contribution in [0.5, 0.6) is 0 Å². The van der Waals surface area contributed by atoms with Gasteiger partial charge >= 0.3 is 7.12 Å². The summed E-state index contributed by atoms with van der Waals surface area (Å²) < 4.78 is 25.8. The van der Waals surface area contributed by atoms with E-state index in [1.54, 1.807) is 36.6 Å². The Bertz CT molecular complexity index is 1290. The summed E-state index contributed by atoms with van der Waals surface area (Å²) in [7, 11) is 1.28. The fourth-order valence-electron chi connectivity index (χ4n) is 5.15. The standard InChI is InChI=1S/C27H36BN5O5S3/c1-26(2)27(3,38-28(37-26)22-13-30-16-41-22)11-19(35-4)14-36-18-8-6-17(7-9-18)31-25(34)20-10-23(39-5)33-24(32-20)21-12-29-15-40-21/h10,12-13,15-19H,6-9,11,14H2,1-5H3,(H,31,34). The van der Waals surface area contributed by atoms with E-state index in [1.165, 1.54) is 34.4 Å². The number of hydrogen-bond donors (Lipinski definition) is 1. The maximum absolute atomic E-state index is 13.1. The highest BCUT2D eigenvalue weighted by Crippen LogP contribution is 2.41. The van der Waals surface area contributed by atoms with Gasteiger partial charge < -0.3 is 24.1 Å². The molecule has 2 fully saturated rings. The van der Waals surface area contributed by atoms with Gasteiger partial charge in [0.2, 0.25) is 0 Å². The number of aromatic nitrogens is 4. The van der Waals surface area contributed by atoms with Crippen LogP contribution in [-0.4, -0.2) is 82.4 Å². The minimum Gasteiger partial charge on any atom is -0.399 e. The van der Waals surface area contributed by atoms with Crippen LogP contribution in [0.15, 0.2) is 34.5 Å². The zero-order valence-corrected chi connectivity index (χ0v) is 26.4. The summed E-state index contributed by atoms with van der Waals surface area (Å²) in [5, 5.41) is 3.92. The maximum atomic E-state index is 13.1. The summed E-state index contributed by atoms with van der Waals surface area (Å²) in [5.41, 5.74) is 2.84. The summed E-state index contributed by atoms with van der Waals surface area (Å²) >= 11 is 4.47. The van der Waals surface area contributed by atoms with Gasteiger partial charge in [-0.05, 0) is 52.7 Å². The molecule has 1 aliphatic heterocycles. The number of rotatable bonds is 11. The third-order valence-electron chi connectivity index (χ3n) is 8.00. The number of nitrogens with zero attached hydrogens (tertiary/aromatic N) is 4. The van der Waals surface area contributed by atoms with Gasteiger partial charge in [0, 0.05) is 38.0 Å². The molecule has 4 heterocycles. The molecule has 1 amide bonds. The van der Waals surface area contributed by atoms with Crippen molar-refractivity contribution in [2.24, 2.45) is 0 Å². The number of methoxy groups -OCH3 is 1. The molecule has 10 nitrogen and oxygen atoms in total. The Hall–Kier alpha value is -1.94. The molecule has 2 atom stereocenters. The molecule has 0 spiro atoms. The molecule has 3 aromatic rings. The van der Waals surface area contributed by atoms with Crippen LogP contribution in [0.25, 0.3) is 10.7 Å². The molecule has 0 aromatic carbocycles. The van der Waals surface area contributed by atoms with Gasteiger partial charge in [-0.25, -0.2) is 9.97 Å². The first-order valence-corrected chi connectivity index (χ1v) is 16.7. The SMILES string of the molecule is COC(COC1CCC(NC(=O)c2cc(SC)nc(-c3cncs3)n2)CC1)CC1(C)OB(c2cncs2)OC1(C)C. The fourth-order valence-corrected chi connectivity index (χ4v) is 6.68. The van der Waals surface area contributed by atoms with Crippen LogP contribution in [0.2, 0.25) is 0 Å². The minimum absolute atomic E-state index is 0.0764. The van der Waals surface area contributed by atoms with Gasteiger partial charge in [-0.3, -0.25) is 14.8 Å². The van der Waals surface area contributed by atoms with Gasteiger partial charge in [0.15, 0.2) is 5.82 Å². The molecule has 3 aromatic heterocycles. The van der Waals surface area contributed by atoms with Crippen molar-refractivity contribution in [3.8, 4) is 10.7 Å². The smallest absolute Gasteiger partial charge is 0.399 e. The molecule has 2 aliphatic rings. The highest BCUT2D eigenvalue weighted by atomic mass is 32.2. The Morgan fingerprint density at radius 2 is 1.90 bits per heavy atom. The number of carbonyl (C=O) groups is 1. The summed E-state index contributed by atoms with van der Waals surface area (Å²) in [6, 6.07) is 1.82. The van der Waals surface area contributed by atoms with E-state index < -0.39 is 18.3 Å². The Balaban J connectivity index is 1.10. The van der Waals surface area contributed by atoms with Crippen molar-refractivity contribution < 1.29 is 23.6 Å². The van der Waals surface area contributed by atoms with Gasteiger partial charge in [0.25, 0.3) is 5.91 Å². The molecule has 14 heteroatoms. The third kappa shape index (κ3) is 7.18. The maximum Gasteiger partial charge on any atom is 0.507 e. The number of thiazole rings is 2. The Morgan fingerprint density at radius 1 is 1.15 bits per heavy atom. The van der Waals surface area contributed by atoms with Gasteiger partial charge in [-0.1, -0.05) is 0 Å². The second-order valence-corrected chi connectivity index (χ2v) is 13.7. The average Bonchev–Trinajstić information content (AvgIpc) is 3.74. The second kappa shape index (κ2) is 13.1. The van der Waals surface area contributed by atoms with Crippen LogP contribution in [-0.2, 0) is 18.8 Å². The number of ether oxygens (including phenoxy) is 2. The molecular formula is C27H36BN5O5S3. The zero-order valence-electron chi connectivity index (χ0n) is 24.0. The van der Waals surface area contributed by atoms with Crippen molar-refractivity contribution in [3.05, 3.63) is 35.2 Å². The van der Waals surface area contributed by atoms with Crippen LogP contribution in [0.3, 0.4) is 0 Å². The molecule has 2 unspecified atom stereocenters. The molecule has 41 heavy (non-hydrogen) atoms. The van der Waals surface area contributed by atoms with Gasteiger partial charge in [-0.15, -0.1) is 34.4 Å². The molecule has 1 saturated carbocycles. The van der Waals surface area contributed by atoms with Crippen molar-refractivity contribution in [1.29, 1.82) is 0 Å².